The number of carbonyl (C=O) groups excluding carboxylic acids is 1. The summed E-state index contributed by atoms with van der Waals surface area (Å²) in [5, 5.41) is 0. The Labute approximate surface area is 152 Å². The largest absolute Gasteiger partial charge is 0.462 e. The number of hydrogen-bond donors (Lipinski definition) is 0. The minimum atomic E-state index is -3.41. The molecule has 3 rings (SSSR count). The van der Waals surface area contributed by atoms with Gasteiger partial charge >= 0.3 is 5.97 Å². The fourth-order valence-electron chi connectivity index (χ4n) is 2.85. The van der Waals surface area contributed by atoms with E-state index >= 15 is 0 Å². The molecule has 1 fully saturated rings. The topological polar surface area (TPSA) is 63.7 Å². The molecule has 0 spiro atoms. The van der Waals surface area contributed by atoms with Gasteiger partial charge in [-0.25, -0.2) is 13.2 Å². The first-order chi connectivity index (χ1) is 12.0. The van der Waals surface area contributed by atoms with Gasteiger partial charge in [-0.2, -0.15) is 4.31 Å². The van der Waals surface area contributed by atoms with Crippen molar-refractivity contribution in [3.05, 3.63) is 41.3 Å². The van der Waals surface area contributed by atoms with Crippen LogP contribution in [0.5, 0.6) is 0 Å². The number of ether oxygens (including phenoxy) is 1. The average molecular weight is 380 g/mol. The number of piperidine rings is 1. The summed E-state index contributed by atoms with van der Waals surface area (Å²) < 4.78 is 31.9. The van der Waals surface area contributed by atoms with Gasteiger partial charge in [0.05, 0.1) is 11.5 Å². The van der Waals surface area contributed by atoms with Gasteiger partial charge in [0.15, 0.2) is 0 Å². The van der Waals surface area contributed by atoms with Gasteiger partial charge in [0.25, 0.3) is 0 Å². The Kier molecular flexibility index (Phi) is 5.56. The molecular formula is C18H21NO4S2. The SMILES string of the molecule is CCOC(=O)c1ccc(-c2ccc(S(=O)(=O)N3CCCCC3)cc2)s1. The molecule has 1 saturated heterocycles. The molecule has 0 unspecified atom stereocenters. The van der Waals surface area contributed by atoms with Crippen LogP contribution in [0.4, 0.5) is 0 Å². The number of sulfonamides is 1. The molecule has 1 aliphatic rings. The van der Waals surface area contributed by atoms with Gasteiger partial charge in [-0.05, 0) is 49.6 Å². The molecule has 0 saturated carbocycles. The molecule has 25 heavy (non-hydrogen) atoms. The number of thiophene rings is 1. The third kappa shape index (κ3) is 3.94. The minimum absolute atomic E-state index is 0.320. The number of esters is 1. The lowest BCUT2D eigenvalue weighted by molar-refractivity contribution is 0.0532. The van der Waals surface area contributed by atoms with Gasteiger partial charge in [0, 0.05) is 18.0 Å². The van der Waals surface area contributed by atoms with Gasteiger partial charge in [0.1, 0.15) is 4.88 Å². The maximum atomic E-state index is 12.7. The first kappa shape index (κ1) is 18.1. The van der Waals surface area contributed by atoms with E-state index in [0.29, 0.717) is 29.5 Å². The monoisotopic (exact) mass is 379 g/mol. The van der Waals surface area contributed by atoms with Crippen LogP contribution in [-0.2, 0) is 14.8 Å². The minimum Gasteiger partial charge on any atom is -0.462 e. The summed E-state index contributed by atoms with van der Waals surface area (Å²) >= 11 is 1.34. The van der Waals surface area contributed by atoms with Crippen molar-refractivity contribution >= 4 is 27.3 Å². The van der Waals surface area contributed by atoms with Crippen LogP contribution in [0.15, 0.2) is 41.3 Å². The Balaban J connectivity index is 1.79. The molecule has 0 N–H and O–H groups in total. The van der Waals surface area contributed by atoms with Gasteiger partial charge in [-0.1, -0.05) is 18.6 Å². The van der Waals surface area contributed by atoms with Crippen LogP contribution in [0.3, 0.4) is 0 Å². The lowest BCUT2D eigenvalue weighted by Gasteiger charge is -2.25. The average Bonchev–Trinajstić information content (AvgIpc) is 3.13. The number of rotatable bonds is 5. The Morgan fingerprint density at radius 2 is 1.76 bits per heavy atom. The number of hydrogen-bond acceptors (Lipinski definition) is 5. The molecule has 1 aliphatic heterocycles. The molecule has 2 aromatic rings. The zero-order chi connectivity index (χ0) is 17.9. The first-order valence-corrected chi connectivity index (χ1v) is 10.7. The van der Waals surface area contributed by atoms with E-state index in [0.717, 1.165) is 29.7 Å². The second-order valence-corrected chi connectivity index (χ2v) is 8.90. The summed E-state index contributed by atoms with van der Waals surface area (Å²) in [6.07, 6.45) is 2.93. The van der Waals surface area contributed by atoms with Crippen molar-refractivity contribution in [1.82, 2.24) is 4.31 Å². The van der Waals surface area contributed by atoms with Gasteiger partial charge < -0.3 is 4.74 Å². The summed E-state index contributed by atoms with van der Waals surface area (Å²) in [4.78, 5) is 13.5. The second-order valence-electron chi connectivity index (χ2n) is 5.87. The van der Waals surface area contributed by atoms with Crippen LogP contribution in [0.1, 0.15) is 35.9 Å². The fourth-order valence-corrected chi connectivity index (χ4v) is 5.27. The van der Waals surface area contributed by atoms with Crippen molar-refractivity contribution in [3.8, 4) is 10.4 Å². The number of carbonyl (C=O) groups is 1. The van der Waals surface area contributed by atoms with Crippen LogP contribution in [0.25, 0.3) is 10.4 Å². The molecule has 134 valence electrons. The van der Waals surface area contributed by atoms with E-state index in [9.17, 15) is 13.2 Å². The van der Waals surface area contributed by atoms with Crippen molar-refractivity contribution in [2.24, 2.45) is 0 Å². The predicted octanol–water partition coefficient (Wildman–Crippen LogP) is 3.77. The Hall–Kier alpha value is -1.70. The maximum absolute atomic E-state index is 12.7. The van der Waals surface area contributed by atoms with Gasteiger partial charge in [0.2, 0.25) is 10.0 Å². The van der Waals surface area contributed by atoms with Crippen LogP contribution in [0, 0.1) is 0 Å². The molecule has 0 atom stereocenters. The summed E-state index contributed by atoms with van der Waals surface area (Å²) in [5.41, 5.74) is 0.887. The quantitative estimate of drug-likeness (QED) is 0.742. The number of nitrogens with zero attached hydrogens (tertiary/aromatic N) is 1. The lowest BCUT2D eigenvalue weighted by atomic mass is 10.2. The van der Waals surface area contributed by atoms with Gasteiger partial charge in [-0.15, -0.1) is 11.3 Å². The third-order valence-corrected chi connectivity index (χ3v) is 7.20. The van der Waals surface area contributed by atoms with E-state index in [1.165, 1.54) is 11.3 Å². The van der Waals surface area contributed by atoms with Crippen LogP contribution in [-0.4, -0.2) is 38.4 Å². The molecule has 5 nitrogen and oxygen atoms in total. The number of benzene rings is 1. The van der Waals surface area contributed by atoms with Crippen molar-refractivity contribution in [2.75, 3.05) is 19.7 Å². The van der Waals surface area contributed by atoms with Crippen molar-refractivity contribution in [2.45, 2.75) is 31.1 Å². The molecular weight excluding hydrogens is 358 g/mol. The normalized spacial score (nSPS) is 15.9. The van der Waals surface area contributed by atoms with E-state index in [-0.39, 0.29) is 5.97 Å². The van der Waals surface area contributed by atoms with E-state index in [1.807, 2.05) is 6.07 Å². The van der Waals surface area contributed by atoms with Crippen LogP contribution >= 0.6 is 11.3 Å². The predicted molar refractivity (Wildman–Crippen MR) is 98.3 cm³/mol. The Morgan fingerprint density at radius 1 is 1.08 bits per heavy atom. The van der Waals surface area contributed by atoms with Crippen LogP contribution < -0.4 is 0 Å². The van der Waals surface area contributed by atoms with Crippen LogP contribution in [0.2, 0.25) is 0 Å². The van der Waals surface area contributed by atoms with E-state index < -0.39 is 10.0 Å². The molecule has 0 aliphatic carbocycles. The zero-order valence-electron chi connectivity index (χ0n) is 14.1. The lowest BCUT2D eigenvalue weighted by Crippen LogP contribution is -2.35. The summed E-state index contributed by atoms with van der Waals surface area (Å²) in [7, 11) is -3.41. The van der Waals surface area contributed by atoms with Crippen molar-refractivity contribution in [1.29, 1.82) is 0 Å². The molecule has 0 bridgehead atoms. The molecule has 1 aromatic heterocycles. The Morgan fingerprint density at radius 3 is 2.40 bits per heavy atom. The molecule has 1 aromatic carbocycles. The van der Waals surface area contributed by atoms with Crippen molar-refractivity contribution in [3.63, 3.8) is 0 Å². The smallest absolute Gasteiger partial charge is 0.348 e. The molecule has 0 radical (unpaired) electrons. The highest BCUT2D eigenvalue weighted by Gasteiger charge is 2.25. The maximum Gasteiger partial charge on any atom is 0.348 e. The van der Waals surface area contributed by atoms with E-state index in [2.05, 4.69) is 0 Å². The first-order valence-electron chi connectivity index (χ1n) is 8.40. The molecule has 7 heteroatoms. The molecule has 2 heterocycles. The van der Waals surface area contributed by atoms with E-state index in [1.54, 1.807) is 41.6 Å². The highest BCUT2D eigenvalue weighted by molar-refractivity contribution is 7.89. The standard InChI is InChI=1S/C18H21NO4S2/c1-2-23-18(20)17-11-10-16(24-17)14-6-8-15(9-7-14)25(21,22)19-12-4-3-5-13-19/h6-11H,2-5,12-13H2,1H3. The highest BCUT2D eigenvalue weighted by atomic mass is 32.2. The van der Waals surface area contributed by atoms with Crippen molar-refractivity contribution < 1.29 is 17.9 Å². The molecule has 0 amide bonds. The highest BCUT2D eigenvalue weighted by Crippen LogP contribution is 2.30. The summed E-state index contributed by atoms with van der Waals surface area (Å²) in [6, 6.07) is 10.4. The summed E-state index contributed by atoms with van der Waals surface area (Å²) in [5.74, 6) is -0.331. The van der Waals surface area contributed by atoms with E-state index in [4.69, 9.17) is 4.74 Å². The summed E-state index contributed by atoms with van der Waals surface area (Å²) in [6.45, 7) is 3.30. The fraction of sp³-hybridized carbons (Fsp3) is 0.389. The third-order valence-electron chi connectivity index (χ3n) is 4.17. The Bertz CT molecular complexity index is 834. The second kappa shape index (κ2) is 7.68. The van der Waals surface area contributed by atoms with Gasteiger partial charge in [-0.3, -0.25) is 0 Å². The zero-order valence-corrected chi connectivity index (χ0v) is 15.7.